The van der Waals surface area contributed by atoms with Crippen LogP contribution in [0.5, 0.6) is 0 Å². The smallest absolute Gasteiger partial charge is 0.168 e. The van der Waals surface area contributed by atoms with Crippen molar-refractivity contribution >= 4 is 33.3 Å². The molecule has 0 amide bonds. The van der Waals surface area contributed by atoms with Gasteiger partial charge in [-0.2, -0.15) is 0 Å². The summed E-state index contributed by atoms with van der Waals surface area (Å²) in [6, 6.07) is 8.34. The zero-order valence-electron chi connectivity index (χ0n) is 9.59. The highest BCUT2D eigenvalue weighted by Gasteiger charge is 2.17. The van der Waals surface area contributed by atoms with Gasteiger partial charge < -0.3 is 0 Å². The summed E-state index contributed by atoms with van der Waals surface area (Å²) in [6.45, 7) is 0. The van der Waals surface area contributed by atoms with Gasteiger partial charge >= 0.3 is 0 Å². The second-order valence-corrected chi connectivity index (χ2v) is 5.13. The van der Waals surface area contributed by atoms with Crippen molar-refractivity contribution in [2.75, 3.05) is 0 Å². The van der Waals surface area contributed by atoms with E-state index in [0.717, 1.165) is 12.1 Å². The topological polar surface area (TPSA) is 17.1 Å². The molecule has 0 spiro atoms. The van der Waals surface area contributed by atoms with Crippen molar-refractivity contribution in [2.45, 2.75) is 6.42 Å². The van der Waals surface area contributed by atoms with E-state index in [1.54, 1.807) is 12.1 Å². The number of carbonyl (C=O) groups excluding carboxylic acids is 1. The van der Waals surface area contributed by atoms with Crippen LogP contribution < -0.4 is 0 Å². The molecule has 0 bridgehead atoms. The Hall–Kier alpha value is -1.26. The predicted molar refractivity (Wildman–Crippen MR) is 73.5 cm³/mol. The Balaban J connectivity index is 2.34. The molecule has 2 aromatic rings. The van der Waals surface area contributed by atoms with Crippen LogP contribution in [0.25, 0.3) is 0 Å². The van der Waals surface area contributed by atoms with E-state index in [1.807, 2.05) is 0 Å². The minimum atomic E-state index is -0.737. The van der Waals surface area contributed by atoms with Crippen LogP contribution in [-0.4, -0.2) is 5.78 Å². The van der Waals surface area contributed by atoms with Crippen molar-refractivity contribution in [3.8, 4) is 0 Å². The first-order valence-corrected chi connectivity index (χ1v) is 6.58. The third kappa shape index (κ3) is 3.01. The van der Waals surface area contributed by atoms with Crippen LogP contribution in [-0.2, 0) is 6.42 Å². The van der Waals surface area contributed by atoms with Crippen molar-refractivity contribution in [1.82, 2.24) is 0 Å². The lowest BCUT2D eigenvalue weighted by molar-refractivity contribution is 0.0990. The van der Waals surface area contributed by atoms with E-state index in [2.05, 4.69) is 15.9 Å². The van der Waals surface area contributed by atoms with Crippen LogP contribution >= 0.6 is 27.5 Å². The van der Waals surface area contributed by atoms with Crippen LogP contribution in [0, 0.1) is 11.6 Å². The van der Waals surface area contributed by atoms with Gasteiger partial charge in [0.2, 0.25) is 0 Å². The SMILES string of the molecule is O=C(Cc1c(F)cccc1F)c1cccc(Br)c1Cl. The molecule has 0 unspecified atom stereocenters. The minimum Gasteiger partial charge on any atom is -0.294 e. The molecule has 0 fully saturated rings. The lowest BCUT2D eigenvalue weighted by Crippen LogP contribution is -2.08. The van der Waals surface area contributed by atoms with Crippen molar-refractivity contribution in [2.24, 2.45) is 0 Å². The fourth-order valence-corrected chi connectivity index (χ4v) is 2.27. The summed E-state index contributed by atoms with van der Waals surface area (Å²) < 4.78 is 27.5. The average Bonchev–Trinajstić information content (AvgIpc) is 2.37. The van der Waals surface area contributed by atoms with E-state index < -0.39 is 17.4 Å². The lowest BCUT2D eigenvalue weighted by Gasteiger charge is -2.07. The maximum atomic E-state index is 13.5. The van der Waals surface area contributed by atoms with E-state index in [0.29, 0.717) is 4.47 Å². The van der Waals surface area contributed by atoms with E-state index in [9.17, 15) is 13.6 Å². The number of ketones is 1. The molecular weight excluding hydrogens is 338 g/mol. The zero-order chi connectivity index (χ0) is 14.0. The van der Waals surface area contributed by atoms with Crippen molar-refractivity contribution < 1.29 is 13.6 Å². The minimum absolute atomic E-state index is 0.235. The molecule has 0 N–H and O–H groups in total. The van der Waals surface area contributed by atoms with E-state index >= 15 is 0 Å². The highest BCUT2D eigenvalue weighted by Crippen LogP contribution is 2.27. The lowest BCUT2D eigenvalue weighted by atomic mass is 10.0. The molecule has 2 rings (SSSR count). The fourth-order valence-electron chi connectivity index (χ4n) is 1.68. The summed E-state index contributed by atoms with van der Waals surface area (Å²) in [5, 5.41) is 0.240. The van der Waals surface area contributed by atoms with Crippen LogP contribution in [0.1, 0.15) is 15.9 Å². The van der Waals surface area contributed by atoms with Crippen molar-refractivity contribution in [3.63, 3.8) is 0 Å². The van der Waals surface area contributed by atoms with Gasteiger partial charge in [-0.05, 0) is 40.2 Å². The normalized spacial score (nSPS) is 10.5. The second-order valence-electron chi connectivity index (χ2n) is 3.90. The Morgan fingerprint density at radius 1 is 1.11 bits per heavy atom. The molecule has 1 nitrogen and oxygen atoms in total. The summed E-state index contributed by atoms with van der Waals surface area (Å²) in [5.41, 5.74) is -0.0118. The Labute approximate surface area is 122 Å². The molecule has 98 valence electrons. The van der Waals surface area contributed by atoms with E-state index in [1.165, 1.54) is 12.1 Å². The molecule has 19 heavy (non-hydrogen) atoms. The van der Waals surface area contributed by atoms with Crippen molar-refractivity contribution in [3.05, 3.63) is 68.7 Å². The number of halogens is 4. The number of hydrogen-bond acceptors (Lipinski definition) is 1. The van der Waals surface area contributed by atoms with Gasteiger partial charge in [-0.25, -0.2) is 8.78 Å². The number of hydrogen-bond donors (Lipinski definition) is 0. The zero-order valence-corrected chi connectivity index (χ0v) is 11.9. The molecule has 0 radical (unpaired) electrons. The molecule has 0 saturated carbocycles. The predicted octanol–water partition coefficient (Wildman–Crippen LogP) is 4.81. The average molecular weight is 346 g/mol. The maximum absolute atomic E-state index is 13.5. The molecule has 0 aliphatic carbocycles. The van der Waals surface area contributed by atoms with Gasteiger partial charge in [-0.3, -0.25) is 4.79 Å². The molecular formula is C14H8BrClF2O. The molecule has 0 aliphatic heterocycles. The van der Waals surface area contributed by atoms with Crippen LogP contribution in [0.15, 0.2) is 40.9 Å². The first kappa shape index (κ1) is 14.2. The number of benzene rings is 2. The molecule has 0 atom stereocenters. The Morgan fingerprint density at radius 2 is 1.68 bits per heavy atom. The number of Topliss-reactive ketones (excluding diaryl/α,β-unsaturated/α-hetero) is 1. The van der Waals surface area contributed by atoms with Gasteiger partial charge in [0.1, 0.15) is 11.6 Å². The Kier molecular flexibility index (Phi) is 4.32. The summed E-state index contributed by atoms with van der Waals surface area (Å²) in [4.78, 5) is 12.1. The van der Waals surface area contributed by atoms with Gasteiger partial charge in [-0.1, -0.05) is 23.7 Å². The van der Waals surface area contributed by atoms with Crippen LogP contribution in [0.2, 0.25) is 5.02 Å². The van der Waals surface area contributed by atoms with Gasteiger partial charge in [0.05, 0.1) is 5.02 Å². The fraction of sp³-hybridized carbons (Fsp3) is 0.0714. The molecule has 0 aliphatic rings. The highest BCUT2D eigenvalue weighted by atomic mass is 79.9. The first-order valence-electron chi connectivity index (χ1n) is 5.41. The van der Waals surface area contributed by atoms with Gasteiger partial charge in [0.15, 0.2) is 5.78 Å². The monoisotopic (exact) mass is 344 g/mol. The highest BCUT2D eigenvalue weighted by molar-refractivity contribution is 9.10. The summed E-state index contributed by atoms with van der Waals surface area (Å²) in [6.07, 6.45) is -0.366. The molecule has 0 heterocycles. The third-order valence-corrected chi connectivity index (χ3v) is 3.95. The quantitative estimate of drug-likeness (QED) is 0.730. The second kappa shape index (κ2) is 5.80. The molecule has 0 aromatic heterocycles. The van der Waals surface area contributed by atoms with Crippen molar-refractivity contribution in [1.29, 1.82) is 0 Å². The summed E-state index contributed by atoms with van der Waals surface area (Å²) in [7, 11) is 0. The third-order valence-electron chi connectivity index (χ3n) is 2.65. The number of carbonyl (C=O) groups is 1. The Bertz CT molecular complexity index is 623. The summed E-state index contributed by atoms with van der Waals surface area (Å²) >= 11 is 9.18. The molecule has 0 saturated heterocycles. The molecule has 2 aromatic carbocycles. The standard InChI is InChI=1S/C14H8BrClF2O/c15-10-4-1-3-8(14(10)16)13(19)7-9-11(17)5-2-6-12(9)18/h1-6H,7H2. The Morgan fingerprint density at radius 3 is 2.32 bits per heavy atom. The van der Waals surface area contributed by atoms with Gasteiger partial charge in [0, 0.05) is 22.0 Å². The largest absolute Gasteiger partial charge is 0.294 e. The first-order chi connectivity index (χ1) is 9.00. The van der Waals surface area contributed by atoms with E-state index in [-0.39, 0.29) is 22.6 Å². The van der Waals surface area contributed by atoms with Gasteiger partial charge in [0.25, 0.3) is 0 Å². The molecule has 5 heteroatoms. The van der Waals surface area contributed by atoms with E-state index in [4.69, 9.17) is 11.6 Å². The number of rotatable bonds is 3. The van der Waals surface area contributed by atoms with Crippen LogP contribution in [0.4, 0.5) is 8.78 Å². The van der Waals surface area contributed by atoms with Gasteiger partial charge in [-0.15, -0.1) is 0 Å². The van der Waals surface area contributed by atoms with Crippen LogP contribution in [0.3, 0.4) is 0 Å². The maximum Gasteiger partial charge on any atom is 0.168 e. The summed E-state index contributed by atoms with van der Waals surface area (Å²) in [5.74, 6) is -1.91.